The summed E-state index contributed by atoms with van der Waals surface area (Å²) in [7, 11) is -3.68. The molecule has 4 aromatic rings. The lowest BCUT2D eigenvalue weighted by Crippen LogP contribution is -2.49. The largest absolute Gasteiger partial charge is 0.381 e. The summed E-state index contributed by atoms with van der Waals surface area (Å²) in [4.78, 5) is 18.9. The molecule has 1 fully saturated rings. The van der Waals surface area contributed by atoms with Gasteiger partial charge in [-0.1, -0.05) is 6.07 Å². The maximum Gasteiger partial charge on any atom is 0.243 e. The maximum absolute atomic E-state index is 13.4. The number of piperazine rings is 1. The minimum Gasteiger partial charge on any atom is -0.381 e. The Morgan fingerprint density at radius 3 is 2.50 bits per heavy atom. The van der Waals surface area contributed by atoms with Gasteiger partial charge >= 0.3 is 0 Å². The van der Waals surface area contributed by atoms with Crippen molar-refractivity contribution in [2.75, 3.05) is 36.8 Å². The molecule has 0 aliphatic carbocycles. The van der Waals surface area contributed by atoms with E-state index in [1.807, 2.05) is 11.8 Å². The fourth-order valence-electron chi connectivity index (χ4n) is 3.79. The van der Waals surface area contributed by atoms with Gasteiger partial charge in [-0.2, -0.15) is 9.40 Å². The highest BCUT2D eigenvalue weighted by atomic mass is 32.2. The van der Waals surface area contributed by atoms with Crippen molar-refractivity contribution >= 4 is 27.4 Å². The van der Waals surface area contributed by atoms with E-state index in [9.17, 15) is 8.42 Å². The van der Waals surface area contributed by atoms with Crippen LogP contribution in [0.5, 0.6) is 0 Å². The summed E-state index contributed by atoms with van der Waals surface area (Å²) in [6.45, 7) is 3.65. The van der Waals surface area contributed by atoms with Crippen molar-refractivity contribution in [2.24, 2.45) is 0 Å². The Bertz CT molecular complexity index is 1380. The lowest BCUT2D eigenvalue weighted by Gasteiger charge is -2.34. The normalized spacial score (nSPS) is 15.3. The second-order valence-corrected chi connectivity index (χ2v) is 9.38. The minimum atomic E-state index is -3.68. The number of sulfonamides is 1. The van der Waals surface area contributed by atoms with Crippen LogP contribution in [0.2, 0.25) is 0 Å². The van der Waals surface area contributed by atoms with E-state index >= 15 is 0 Å². The Kier molecular flexibility index (Phi) is 4.94. The van der Waals surface area contributed by atoms with Crippen LogP contribution in [0.4, 0.5) is 11.8 Å². The summed E-state index contributed by atoms with van der Waals surface area (Å²) < 4.78 is 29.8. The lowest BCUT2D eigenvalue weighted by atomic mass is 10.1. The Labute approximate surface area is 184 Å². The van der Waals surface area contributed by atoms with Crippen LogP contribution >= 0.6 is 0 Å². The molecule has 4 heterocycles. The molecule has 0 spiro atoms. The van der Waals surface area contributed by atoms with Crippen LogP contribution in [0.1, 0.15) is 5.56 Å². The third-order valence-corrected chi connectivity index (χ3v) is 7.42. The zero-order valence-electron chi connectivity index (χ0n) is 17.3. The molecule has 1 aliphatic rings. The first-order valence-electron chi connectivity index (χ1n) is 10.0. The first kappa shape index (κ1) is 20.3. The van der Waals surface area contributed by atoms with Gasteiger partial charge in [-0.05, 0) is 30.7 Å². The number of rotatable bonds is 4. The van der Waals surface area contributed by atoms with Crippen LogP contribution in [0.15, 0.2) is 54.1 Å². The molecule has 0 atom stereocenters. The van der Waals surface area contributed by atoms with Gasteiger partial charge in [0.1, 0.15) is 6.33 Å². The number of aryl methyl sites for hydroxylation is 1. The molecule has 0 radical (unpaired) electrons. The van der Waals surface area contributed by atoms with Crippen molar-refractivity contribution in [3.63, 3.8) is 0 Å². The molecule has 1 aromatic carbocycles. The fourth-order valence-corrected chi connectivity index (χ4v) is 5.24. The first-order chi connectivity index (χ1) is 15.4. The van der Waals surface area contributed by atoms with E-state index in [2.05, 4.69) is 25.0 Å². The topological polar surface area (TPSA) is 136 Å². The predicted molar refractivity (Wildman–Crippen MR) is 118 cm³/mol. The molecule has 0 bridgehead atoms. The molecule has 32 heavy (non-hydrogen) atoms. The molecule has 5 rings (SSSR count). The van der Waals surface area contributed by atoms with Crippen LogP contribution in [0, 0.1) is 6.92 Å². The Morgan fingerprint density at radius 1 is 1.00 bits per heavy atom. The summed E-state index contributed by atoms with van der Waals surface area (Å²) in [5, 5.41) is 4.22. The number of imidazole rings is 1. The number of nitrogen functional groups attached to an aromatic ring is 1. The summed E-state index contributed by atoms with van der Waals surface area (Å²) in [5.41, 5.74) is 8.57. The second kappa shape index (κ2) is 7.80. The van der Waals surface area contributed by atoms with Crippen LogP contribution < -0.4 is 10.6 Å². The van der Waals surface area contributed by atoms with E-state index in [0.717, 1.165) is 5.56 Å². The smallest absolute Gasteiger partial charge is 0.243 e. The Balaban J connectivity index is 1.44. The van der Waals surface area contributed by atoms with E-state index in [0.29, 0.717) is 49.0 Å². The van der Waals surface area contributed by atoms with E-state index in [1.165, 1.54) is 10.6 Å². The maximum atomic E-state index is 13.4. The van der Waals surface area contributed by atoms with Crippen LogP contribution in [-0.2, 0) is 10.0 Å². The minimum absolute atomic E-state index is 0.222. The average molecular weight is 452 g/mol. The average Bonchev–Trinajstić information content (AvgIpc) is 3.25. The molecule has 164 valence electrons. The number of nitrogens with two attached hydrogens (primary N) is 1. The van der Waals surface area contributed by atoms with Gasteiger partial charge in [0.05, 0.1) is 16.8 Å². The molecule has 0 saturated carbocycles. The molecule has 12 heteroatoms. The second-order valence-electron chi connectivity index (χ2n) is 7.44. The number of hydrogen-bond donors (Lipinski definition) is 1. The predicted octanol–water partition coefficient (Wildman–Crippen LogP) is 0.983. The first-order valence-corrected chi connectivity index (χ1v) is 11.5. The van der Waals surface area contributed by atoms with E-state index < -0.39 is 10.0 Å². The highest BCUT2D eigenvalue weighted by Crippen LogP contribution is 2.29. The van der Waals surface area contributed by atoms with Crippen molar-refractivity contribution in [3.05, 3.63) is 54.7 Å². The van der Waals surface area contributed by atoms with Gasteiger partial charge in [0, 0.05) is 44.1 Å². The highest BCUT2D eigenvalue weighted by molar-refractivity contribution is 7.89. The lowest BCUT2D eigenvalue weighted by molar-refractivity contribution is 0.382. The number of aromatic nitrogens is 6. The van der Waals surface area contributed by atoms with Crippen molar-refractivity contribution in [2.45, 2.75) is 11.8 Å². The van der Waals surface area contributed by atoms with Gasteiger partial charge in [0.2, 0.25) is 16.0 Å². The summed E-state index contributed by atoms with van der Waals surface area (Å²) in [6.07, 6.45) is 6.33. The standard InChI is InChI=1S/C20H21N9O2S/c1-14-3-4-15(11-16(14)17-12-24-19-18(21)25-13-26-29(17)19)32(30,31)28-9-7-27(8-10-28)20-22-5-2-6-23-20/h2-6,11-13H,7-10H2,1H3,(H2,21,25,26). The molecule has 1 saturated heterocycles. The van der Waals surface area contributed by atoms with Gasteiger partial charge in [-0.3, -0.25) is 0 Å². The quantitative estimate of drug-likeness (QED) is 0.481. The van der Waals surface area contributed by atoms with Crippen molar-refractivity contribution in [1.82, 2.24) is 33.9 Å². The molecule has 3 aromatic heterocycles. The highest BCUT2D eigenvalue weighted by Gasteiger charge is 2.30. The molecule has 1 aliphatic heterocycles. The van der Waals surface area contributed by atoms with Gasteiger partial charge in [0.25, 0.3) is 0 Å². The molecule has 0 amide bonds. The van der Waals surface area contributed by atoms with Crippen molar-refractivity contribution in [1.29, 1.82) is 0 Å². The van der Waals surface area contributed by atoms with Gasteiger partial charge < -0.3 is 10.6 Å². The third-order valence-electron chi connectivity index (χ3n) is 5.53. The summed E-state index contributed by atoms with van der Waals surface area (Å²) in [6, 6.07) is 6.84. The molecule has 2 N–H and O–H groups in total. The van der Waals surface area contributed by atoms with Crippen molar-refractivity contribution in [3.8, 4) is 11.3 Å². The molecular weight excluding hydrogens is 430 g/mol. The van der Waals surface area contributed by atoms with Crippen LogP contribution in [0.3, 0.4) is 0 Å². The van der Waals surface area contributed by atoms with Gasteiger partial charge in [-0.15, -0.1) is 0 Å². The number of benzene rings is 1. The fraction of sp³-hybridized carbons (Fsp3) is 0.250. The number of anilines is 2. The Morgan fingerprint density at radius 2 is 1.75 bits per heavy atom. The van der Waals surface area contributed by atoms with E-state index in [-0.39, 0.29) is 10.7 Å². The van der Waals surface area contributed by atoms with Crippen LogP contribution in [0.25, 0.3) is 16.9 Å². The SMILES string of the molecule is Cc1ccc(S(=O)(=O)N2CCN(c3ncccn3)CC2)cc1-c1cnc2c(N)ncnn12. The van der Waals surface area contributed by atoms with Gasteiger partial charge in [0.15, 0.2) is 11.5 Å². The van der Waals surface area contributed by atoms with Crippen LogP contribution in [-0.4, -0.2) is 68.5 Å². The van der Waals surface area contributed by atoms with E-state index in [4.69, 9.17) is 5.73 Å². The monoisotopic (exact) mass is 451 g/mol. The number of hydrogen-bond acceptors (Lipinski definition) is 9. The zero-order valence-corrected chi connectivity index (χ0v) is 18.1. The Hall–Kier alpha value is -3.64. The third kappa shape index (κ3) is 3.42. The molecule has 11 nitrogen and oxygen atoms in total. The molecular formula is C20H21N9O2S. The zero-order chi connectivity index (χ0) is 22.3. The number of nitrogens with zero attached hydrogens (tertiary/aromatic N) is 8. The molecule has 0 unspecified atom stereocenters. The van der Waals surface area contributed by atoms with E-state index in [1.54, 1.807) is 47.4 Å². The summed E-state index contributed by atoms with van der Waals surface area (Å²) in [5.74, 6) is 0.865. The summed E-state index contributed by atoms with van der Waals surface area (Å²) >= 11 is 0. The van der Waals surface area contributed by atoms with Gasteiger partial charge in [-0.25, -0.2) is 32.9 Å². The number of fused-ring (bicyclic) bond motifs is 1. The van der Waals surface area contributed by atoms with Crippen molar-refractivity contribution < 1.29 is 8.42 Å².